The minimum Gasteiger partial charge on any atom is -0.452 e. The molecule has 1 N–H and O–H groups in total. The van der Waals surface area contributed by atoms with Crippen molar-refractivity contribution >= 4 is 21.7 Å². The summed E-state index contributed by atoms with van der Waals surface area (Å²) >= 11 is 0. The standard InChI is InChI=1S/C21H25NO5S/c1-3-7-19(17-8-5-4-6-9-17)22-20(23)14-27-21(24)18-12-10-16(11-13-18)15-28(2,25)26/h4-6,8-13,19H,3,7,14-15H2,1-2H3,(H,22,23)/t19-/m0/s1. The number of ether oxygens (including phenoxy) is 1. The number of sulfone groups is 1. The third-order valence-electron chi connectivity index (χ3n) is 4.07. The van der Waals surface area contributed by atoms with E-state index < -0.39 is 15.8 Å². The molecule has 2 rings (SSSR count). The summed E-state index contributed by atoms with van der Waals surface area (Å²) in [6, 6.07) is 15.6. The Bertz CT molecular complexity index is 892. The third-order valence-corrected chi connectivity index (χ3v) is 4.93. The lowest BCUT2D eigenvalue weighted by Gasteiger charge is -2.18. The number of hydrogen-bond acceptors (Lipinski definition) is 5. The predicted molar refractivity (Wildman–Crippen MR) is 108 cm³/mol. The van der Waals surface area contributed by atoms with Gasteiger partial charge in [0.2, 0.25) is 0 Å². The molecule has 2 aromatic carbocycles. The molecule has 0 saturated carbocycles. The SMILES string of the molecule is CCC[C@H](NC(=O)COC(=O)c1ccc(CS(C)(=O)=O)cc1)c1ccccc1. The van der Waals surface area contributed by atoms with Crippen LogP contribution in [0.3, 0.4) is 0 Å². The molecule has 0 unspecified atom stereocenters. The highest BCUT2D eigenvalue weighted by Crippen LogP contribution is 2.18. The molecule has 28 heavy (non-hydrogen) atoms. The van der Waals surface area contributed by atoms with E-state index in [-0.39, 0.29) is 29.9 Å². The van der Waals surface area contributed by atoms with Crippen LogP contribution in [0.15, 0.2) is 54.6 Å². The van der Waals surface area contributed by atoms with Crippen LogP contribution in [-0.2, 0) is 25.1 Å². The van der Waals surface area contributed by atoms with E-state index >= 15 is 0 Å². The Hall–Kier alpha value is -2.67. The molecule has 0 fully saturated rings. The molecule has 0 aliphatic carbocycles. The van der Waals surface area contributed by atoms with Crippen molar-refractivity contribution in [2.75, 3.05) is 12.9 Å². The van der Waals surface area contributed by atoms with Gasteiger partial charge < -0.3 is 10.1 Å². The van der Waals surface area contributed by atoms with Crippen molar-refractivity contribution in [3.8, 4) is 0 Å². The predicted octanol–water partition coefficient (Wildman–Crippen LogP) is 3.05. The van der Waals surface area contributed by atoms with Crippen molar-refractivity contribution in [1.29, 1.82) is 0 Å². The van der Waals surface area contributed by atoms with E-state index in [4.69, 9.17) is 4.74 Å². The molecule has 150 valence electrons. The van der Waals surface area contributed by atoms with Crippen LogP contribution >= 0.6 is 0 Å². The van der Waals surface area contributed by atoms with Crippen molar-refractivity contribution in [2.45, 2.75) is 31.6 Å². The number of carbonyl (C=O) groups excluding carboxylic acids is 2. The summed E-state index contributed by atoms with van der Waals surface area (Å²) in [5.41, 5.74) is 1.85. The first-order valence-electron chi connectivity index (χ1n) is 9.06. The summed E-state index contributed by atoms with van der Waals surface area (Å²) < 4.78 is 27.7. The molecule has 0 heterocycles. The molecule has 0 radical (unpaired) electrons. The number of nitrogens with one attached hydrogen (secondary N) is 1. The van der Waals surface area contributed by atoms with Gasteiger partial charge in [-0.05, 0) is 29.7 Å². The van der Waals surface area contributed by atoms with Crippen LogP contribution in [0.1, 0.15) is 47.3 Å². The molecule has 6 nitrogen and oxygen atoms in total. The van der Waals surface area contributed by atoms with E-state index in [2.05, 4.69) is 5.32 Å². The number of esters is 1. The maximum atomic E-state index is 12.2. The summed E-state index contributed by atoms with van der Waals surface area (Å²) in [6.45, 7) is 1.66. The average molecular weight is 404 g/mol. The minimum atomic E-state index is -3.14. The van der Waals surface area contributed by atoms with Crippen LogP contribution < -0.4 is 5.32 Å². The number of amides is 1. The molecule has 0 aliphatic heterocycles. The number of rotatable bonds is 9. The van der Waals surface area contributed by atoms with E-state index in [1.807, 2.05) is 37.3 Å². The van der Waals surface area contributed by atoms with Crippen LogP contribution in [0.2, 0.25) is 0 Å². The highest BCUT2D eigenvalue weighted by molar-refractivity contribution is 7.89. The fourth-order valence-corrected chi connectivity index (χ4v) is 3.58. The van der Waals surface area contributed by atoms with E-state index in [1.54, 1.807) is 12.1 Å². The molecule has 0 aliphatic rings. The lowest BCUT2D eigenvalue weighted by atomic mass is 10.0. The zero-order chi connectivity index (χ0) is 20.6. The van der Waals surface area contributed by atoms with Crippen molar-refractivity contribution in [3.05, 3.63) is 71.3 Å². The van der Waals surface area contributed by atoms with Crippen LogP contribution in [-0.4, -0.2) is 33.2 Å². The Morgan fingerprint density at radius 3 is 2.25 bits per heavy atom. The molecule has 7 heteroatoms. The molecule has 1 atom stereocenters. The quantitative estimate of drug-likeness (QED) is 0.650. The molecular formula is C21H25NO5S. The Morgan fingerprint density at radius 2 is 1.68 bits per heavy atom. The van der Waals surface area contributed by atoms with Gasteiger partial charge in [-0.2, -0.15) is 0 Å². The molecule has 0 bridgehead atoms. The van der Waals surface area contributed by atoms with Gasteiger partial charge in [-0.1, -0.05) is 55.8 Å². The van der Waals surface area contributed by atoms with Gasteiger partial charge in [-0.3, -0.25) is 4.79 Å². The lowest BCUT2D eigenvalue weighted by molar-refractivity contribution is -0.125. The highest BCUT2D eigenvalue weighted by Gasteiger charge is 2.16. The van der Waals surface area contributed by atoms with Gasteiger partial charge in [-0.25, -0.2) is 13.2 Å². The second-order valence-electron chi connectivity index (χ2n) is 6.66. The zero-order valence-electron chi connectivity index (χ0n) is 16.1. The molecule has 1 amide bonds. The van der Waals surface area contributed by atoms with Crippen molar-refractivity contribution in [3.63, 3.8) is 0 Å². The topological polar surface area (TPSA) is 89.5 Å². The largest absolute Gasteiger partial charge is 0.452 e. The second kappa shape index (κ2) is 10.0. The Labute approximate surface area is 165 Å². The fourth-order valence-electron chi connectivity index (χ4n) is 2.79. The van der Waals surface area contributed by atoms with Gasteiger partial charge >= 0.3 is 5.97 Å². The first-order chi connectivity index (χ1) is 13.3. The van der Waals surface area contributed by atoms with Crippen LogP contribution in [0.4, 0.5) is 0 Å². The molecule has 0 spiro atoms. The Balaban J connectivity index is 1.90. The molecule has 2 aromatic rings. The van der Waals surface area contributed by atoms with Crippen LogP contribution in [0.25, 0.3) is 0 Å². The van der Waals surface area contributed by atoms with E-state index in [9.17, 15) is 18.0 Å². The Morgan fingerprint density at radius 1 is 1.04 bits per heavy atom. The molecular weight excluding hydrogens is 378 g/mol. The van der Waals surface area contributed by atoms with E-state index in [0.717, 1.165) is 24.7 Å². The highest BCUT2D eigenvalue weighted by atomic mass is 32.2. The minimum absolute atomic E-state index is 0.0942. The maximum absolute atomic E-state index is 12.2. The second-order valence-corrected chi connectivity index (χ2v) is 8.80. The molecule has 0 saturated heterocycles. The monoisotopic (exact) mass is 403 g/mol. The summed E-state index contributed by atoms with van der Waals surface area (Å²) in [7, 11) is -3.14. The molecule has 0 aromatic heterocycles. The summed E-state index contributed by atoms with van der Waals surface area (Å²) in [6.07, 6.45) is 2.83. The summed E-state index contributed by atoms with van der Waals surface area (Å²) in [5.74, 6) is -1.10. The third kappa shape index (κ3) is 7.15. The summed E-state index contributed by atoms with van der Waals surface area (Å²) in [5, 5.41) is 2.89. The average Bonchev–Trinajstić information content (AvgIpc) is 2.66. The van der Waals surface area contributed by atoms with Gasteiger partial charge in [0.25, 0.3) is 5.91 Å². The van der Waals surface area contributed by atoms with Gasteiger partial charge in [0.05, 0.1) is 17.4 Å². The van der Waals surface area contributed by atoms with Gasteiger partial charge in [-0.15, -0.1) is 0 Å². The normalized spacial score (nSPS) is 12.2. The van der Waals surface area contributed by atoms with Crippen LogP contribution in [0.5, 0.6) is 0 Å². The van der Waals surface area contributed by atoms with Crippen molar-refractivity contribution in [1.82, 2.24) is 5.32 Å². The Kier molecular flexibility index (Phi) is 7.75. The number of benzene rings is 2. The van der Waals surface area contributed by atoms with E-state index in [1.165, 1.54) is 12.1 Å². The fraction of sp³-hybridized carbons (Fsp3) is 0.333. The van der Waals surface area contributed by atoms with Gasteiger partial charge in [0, 0.05) is 6.26 Å². The van der Waals surface area contributed by atoms with Gasteiger partial charge in [0.15, 0.2) is 16.4 Å². The maximum Gasteiger partial charge on any atom is 0.338 e. The van der Waals surface area contributed by atoms with Crippen molar-refractivity contribution in [2.24, 2.45) is 0 Å². The summed E-state index contributed by atoms with van der Waals surface area (Å²) in [4.78, 5) is 24.3. The number of carbonyl (C=O) groups is 2. The smallest absolute Gasteiger partial charge is 0.338 e. The first kappa shape index (κ1) is 21.6. The first-order valence-corrected chi connectivity index (χ1v) is 11.1. The lowest BCUT2D eigenvalue weighted by Crippen LogP contribution is -2.32. The zero-order valence-corrected chi connectivity index (χ0v) is 16.9. The van der Waals surface area contributed by atoms with Gasteiger partial charge in [0.1, 0.15) is 0 Å². The number of hydrogen-bond donors (Lipinski definition) is 1. The van der Waals surface area contributed by atoms with Crippen molar-refractivity contribution < 1.29 is 22.7 Å². The van der Waals surface area contributed by atoms with Crippen LogP contribution in [0, 0.1) is 0 Å². The van der Waals surface area contributed by atoms with E-state index in [0.29, 0.717) is 5.56 Å².